The first-order valence-electron chi connectivity index (χ1n) is 4.40. The summed E-state index contributed by atoms with van der Waals surface area (Å²) in [5.74, 6) is -1.31. The van der Waals surface area contributed by atoms with Gasteiger partial charge in [-0.2, -0.15) is 0 Å². The number of aliphatic hydroxyl groups is 1. The van der Waals surface area contributed by atoms with Gasteiger partial charge in [0.1, 0.15) is 0 Å². The van der Waals surface area contributed by atoms with Crippen molar-refractivity contribution in [2.24, 2.45) is 11.8 Å². The number of carboxylic acids is 1. The summed E-state index contributed by atoms with van der Waals surface area (Å²) >= 11 is 0. The predicted molar refractivity (Wildman–Crippen MR) is 44.8 cm³/mol. The van der Waals surface area contributed by atoms with E-state index in [0.29, 0.717) is 0 Å². The molecule has 1 aliphatic carbocycles. The van der Waals surface area contributed by atoms with Crippen LogP contribution in [-0.2, 0) is 4.79 Å². The lowest BCUT2D eigenvalue weighted by Crippen LogP contribution is -2.36. The van der Waals surface area contributed by atoms with E-state index in [4.69, 9.17) is 5.11 Å². The highest BCUT2D eigenvalue weighted by atomic mass is 16.4. The van der Waals surface area contributed by atoms with Crippen molar-refractivity contribution >= 4 is 5.97 Å². The van der Waals surface area contributed by atoms with Gasteiger partial charge in [0, 0.05) is 5.92 Å². The molecule has 3 unspecified atom stereocenters. The molecule has 2 N–H and O–H groups in total. The Hall–Kier alpha value is -0.570. The highest BCUT2D eigenvalue weighted by Gasteiger charge is 2.42. The SMILES string of the molecule is CC(C(=O)O)C1CCCC1(C)O. The van der Waals surface area contributed by atoms with Crippen molar-refractivity contribution in [1.82, 2.24) is 0 Å². The summed E-state index contributed by atoms with van der Waals surface area (Å²) < 4.78 is 0. The van der Waals surface area contributed by atoms with E-state index in [-0.39, 0.29) is 5.92 Å². The lowest BCUT2D eigenvalue weighted by molar-refractivity contribution is -0.146. The smallest absolute Gasteiger partial charge is 0.306 e. The number of aliphatic carboxylic acids is 1. The molecule has 1 fully saturated rings. The van der Waals surface area contributed by atoms with E-state index in [2.05, 4.69) is 0 Å². The number of carbonyl (C=O) groups is 1. The largest absolute Gasteiger partial charge is 0.481 e. The van der Waals surface area contributed by atoms with Crippen LogP contribution in [0.4, 0.5) is 0 Å². The first-order chi connectivity index (χ1) is 5.45. The fourth-order valence-corrected chi connectivity index (χ4v) is 2.14. The Kier molecular flexibility index (Phi) is 2.42. The Balaban J connectivity index is 2.68. The second-order valence-electron chi connectivity index (χ2n) is 3.98. The van der Waals surface area contributed by atoms with Gasteiger partial charge in [-0.05, 0) is 19.8 Å². The number of rotatable bonds is 2. The minimum atomic E-state index is -0.804. The summed E-state index contributed by atoms with van der Waals surface area (Å²) in [5, 5.41) is 18.6. The molecule has 0 heterocycles. The second-order valence-corrected chi connectivity index (χ2v) is 3.98. The minimum absolute atomic E-state index is 0.0741. The molecule has 3 nitrogen and oxygen atoms in total. The zero-order chi connectivity index (χ0) is 9.35. The van der Waals surface area contributed by atoms with Crippen LogP contribution in [0.2, 0.25) is 0 Å². The van der Waals surface area contributed by atoms with Crippen molar-refractivity contribution in [2.75, 3.05) is 0 Å². The molecule has 0 radical (unpaired) electrons. The van der Waals surface area contributed by atoms with Crippen molar-refractivity contribution in [3.05, 3.63) is 0 Å². The molecule has 0 bridgehead atoms. The second kappa shape index (κ2) is 3.05. The average molecular weight is 172 g/mol. The number of hydrogen-bond acceptors (Lipinski definition) is 2. The Labute approximate surface area is 72.4 Å². The molecule has 3 heteroatoms. The minimum Gasteiger partial charge on any atom is -0.481 e. The summed E-state index contributed by atoms with van der Waals surface area (Å²) in [5.41, 5.74) is -0.766. The fraction of sp³-hybridized carbons (Fsp3) is 0.889. The van der Waals surface area contributed by atoms with Crippen molar-refractivity contribution in [3.63, 3.8) is 0 Å². The number of carboxylic acid groups (broad SMARTS) is 1. The standard InChI is InChI=1S/C9H16O3/c1-6(8(10)11)7-4-3-5-9(7,2)12/h6-7,12H,3-5H2,1-2H3,(H,10,11). The van der Waals surface area contributed by atoms with Crippen LogP contribution < -0.4 is 0 Å². The molecule has 0 saturated heterocycles. The van der Waals surface area contributed by atoms with E-state index in [9.17, 15) is 9.90 Å². The molecule has 1 aliphatic rings. The van der Waals surface area contributed by atoms with Crippen molar-refractivity contribution < 1.29 is 15.0 Å². The zero-order valence-electron chi connectivity index (χ0n) is 7.58. The lowest BCUT2D eigenvalue weighted by Gasteiger charge is -2.28. The van der Waals surface area contributed by atoms with Crippen LogP contribution in [0.15, 0.2) is 0 Å². The average Bonchev–Trinajstić information content (AvgIpc) is 2.27. The van der Waals surface area contributed by atoms with Gasteiger partial charge in [-0.3, -0.25) is 4.79 Å². The molecule has 12 heavy (non-hydrogen) atoms. The molecule has 3 atom stereocenters. The van der Waals surface area contributed by atoms with Crippen LogP contribution in [0.5, 0.6) is 0 Å². The van der Waals surface area contributed by atoms with Crippen LogP contribution in [0.25, 0.3) is 0 Å². The monoisotopic (exact) mass is 172 g/mol. The summed E-state index contributed by atoms with van der Waals surface area (Å²) in [7, 11) is 0. The van der Waals surface area contributed by atoms with Gasteiger partial charge in [-0.25, -0.2) is 0 Å². The van der Waals surface area contributed by atoms with Gasteiger partial charge < -0.3 is 10.2 Å². The van der Waals surface area contributed by atoms with Crippen LogP contribution >= 0.6 is 0 Å². The van der Waals surface area contributed by atoms with E-state index in [1.807, 2.05) is 0 Å². The third-order valence-electron chi connectivity index (χ3n) is 2.99. The topological polar surface area (TPSA) is 57.5 Å². The third kappa shape index (κ3) is 1.61. The van der Waals surface area contributed by atoms with Crippen molar-refractivity contribution in [2.45, 2.75) is 38.7 Å². The maximum atomic E-state index is 10.7. The summed E-state index contributed by atoms with van der Waals surface area (Å²) in [6, 6.07) is 0. The molecule has 0 aliphatic heterocycles. The summed E-state index contributed by atoms with van der Waals surface area (Å²) in [6.07, 6.45) is 2.50. The molecule has 0 aromatic rings. The maximum absolute atomic E-state index is 10.7. The molecule has 1 rings (SSSR count). The summed E-state index contributed by atoms with van der Waals surface area (Å²) in [6.45, 7) is 3.41. The first-order valence-corrected chi connectivity index (χ1v) is 4.40. The van der Waals surface area contributed by atoms with Crippen LogP contribution in [-0.4, -0.2) is 21.8 Å². The Morgan fingerprint density at radius 2 is 2.25 bits per heavy atom. The molecule has 0 aromatic heterocycles. The maximum Gasteiger partial charge on any atom is 0.306 e. The van der Waals surface area contributed by atoms with E-state index in [0.717, 1.165) is 19.3 Å². The fourth-order valence-electron chi connectivity index (χ4n) is 2.14. The highest BCUT2D eigenvalue weighted by Crippen LogP contribution is 2.39. The molecule has 0 amide bonds. The van der Waals surface area contributed by atoms with Gasteiger partial charge in [0.25, 0.3) is 0 Å². The molecule has 0 spiro atoms. The van der Waals surface area contributed by atoms with E-state index in [1.54, 1.807) is 13.8 Å². The highest BCUT2D eigenvalue weighted by molar-refractivity contribution is 5.70. The van der Waals surface area contributed by atoms with Crippen molar-refractivity contribution in [3.8, 4) is 0 Å². The molecule has 70 valence electrons. The predicted octanol–water partition coefficient (Wildman–Crippen LogP) is 1.26. The van der Waals surface area contributed by atoms with Gasteiger partial charge in [0.05, 0.1) is 11.5 Å². The van der Waals surface area contributed by atoms with Crippen LogP contribution in [0, 0.1) is 11.8 Å². The normalized spacial score (nSPS) is 38.1. The van der Waals surface area contributed by atoms with E-state index in [1.165, 1.54) is 0 Å². The van der Waals surface area contributed by atoms with Gasteiger partial charge in [-0.15, -0.1) is 0 Å². The van der Waals surface area contributed by atoms with Gasteiger partial charge in [0.2, 0.25) is 0 Å². The van der Waals surface area contributed by atoms with Gasteiger partial charge in [-0.1, -0.05) is 13.3 Å². The van der Waals surface area contributed by atoms with Crippen LogP contribution in [0.3, 0.4) is 0 Å². The molecule has 0 aromatic carbocycles. The third-order valence-corrected chi connectivity index (χ3v) is 2.99. The zero-order valence-corrected chi connectivity index (χ0v) is 7.58. The van der Waals surface area contributed by atoms with E-state index >= 15 is 0 Å². The van der Waals surface area contributed by atoms with Crippen molar-refractivity contribution in [1.29, 1.82) is 0 Å². The van der Waals surface area contributed by atoms with E-state index < -0.39 is 17.5 Å². The number of hydrogen-bond donors (Lipinski definition) is 2. The van der Waals surface area contributed by atoms with Crippen LogP contribution in [0.1, 0.15) is 33.1 Å². The Morgan fingerprint density at radius 1 is 1.67 bits per heavy atom. The molecular formula is C9H16O3. The lowest BCUT2D eigenvalue weighted by atomic mass is 9.83. The Morgan fingerprint density at radius 3 is 2.58 bits per heavy atom. The quantitative estimate of drug-likeness (QED) is 0.659. The summed E-state index contributed by atoms with van der Waals surface area (Å²) in [4.78, 5) is 10.7. The first kappa shape index (κ1) is 9.52. The Bertz CT molecular complexity index is 186. The van der Waals surface area contributed by atoms with Gasteiger partial charge in [0.15, 0.2) is 0 Å². The van der Waals surface area contributed by atoms with Gasteiger partial charge >= 0.3 is 5.97 Å². The molecule has 1 saturated carbocycles. The molecular weight excluding hydrogens is 156 g/mol.